The van der Waals surface area contributed by atoms with E-state index in [-0.39, 0.29) is 23.3 Å². The van der Waals surface area contributed by atoms with E-state index in [9.17, 15) is 14.7 Å². The van der Waals surface area contributed by atoms with Gasteiger partial charge in [-0.15, -0.1) is 0 Å². The third-order valence-electron chi connectivity index (χ3n) is 7.91. The van der Waals surface area contributed by atoms with Crippen LogP contribution in [-0.4, -0.2) is 28.3 Å². The van der Waals surface area contributed by atoms with Crippen LogP contribution in [0.15, 0.2) is 103 Å². The van der Waals surface area contributed by atoms with Crippen LogP contribution < -0.4 is 9.47 Å². The van der Waals surface area contributed by atoms with Gasteiger partial charge in [0, 0.05) is 12.1 Å². The first-order chi connectivity index (χ1) is 21.1. The van der Waals surface area contributed by atoms with E-state index >= 15 is 0 Å². The van der Waals surface area contributed by atoms with Crippen molar-refractivity contribution < 1.29 is 24.2 Å². The van der Waals surface area contributed by atoms with Gasteiger partial charge in [0.25, 0.3) is 11.7 Å². The minimum absolute atomic E-state index is 0.0650. The van der Waals surface area contributed by atoms with Crippen molar-refractivity contribution in [3.63, 3.8) is 0 Å². The molecule has 6 nitrogen and oxygen atoms in total. The van der Waals surface area contributed by atoms with Crippen molar-refractivity contribution in [2.24, 2.45) is 0 Å². The molecule has 0 saturated carbocycles. The SMILES string of the molecule is CCOc1ccc(CN2C(=O)C(=O)/C(=C(\O)c3ccc(OCc4ccccc4)c(C)c3)C2c2ccc(C(C)(C)C)cc2)cc1. The predicted octanol–water partition coefficient (Wildman–Crippen LogP) is 7.89. The number of carbonyl (C=O) groups is 2. The average molecular weight is 590 g/mol. The highest BCUT2D eigenvalue weighted by Gasteiger charge is 2.46. The Morgan fingerprint density at radius 3 is 2.14 bits per heavy atom. The maximum atomic E-state index is 13.6. The summed E-state index contributed by atoms with van der Waals surface area (Å²) in [6, 6.07) is 29.8. The van der Waals surface area contributed by atoms with Crippen molar-refractivity contribution in [2.45, 2.75) is 59.2 Å². The lowest BCUT2D eigenvalue weighted by Crippen LogP contribution is -2.29. The van der Waals surface area contributed by atoms with Crippen molar-refractivity contribution in [3.05, 3.63) is 136 Å². The summed E-state index contributed by atoms with van der Waals surface area (Å²) >= 11 is 0. The summed E-state index contributed by atoms with van der Waals surface area (Å²) in [6.45, 7) is 11.4. The summed E-state index contributed by atoms with van der Waals surface area (Å²) in [7, 11) is 0. The topological polar surface area (TPSA) is 76.1 Å². The summed E-state index contributed by atoms with van der Waals surface area (Å²) in [5.41, 5.74) is 5.04. The van der Waals surface area contributed by atoms with E-state index in [4.69, 9.17) is 9.47 Å². The molecule has 226 valence electrons. The summed E-state index contributed by atoms with van der Waals surface area (Å²) < 4.78 is 11.6. The molecule has 1 saturated heterocycles. The van der Waals surface area contributed by atoms with Gasteiger partial charge in [0.15, 0.2) is 0 Å². The molecule has 0 radical (unpaired) electrons. The van der Waals surface area contributed by atoms with Crippen LogP contribution in [0.4, 0.5) is 0 Å². The van der Waals surface area contributed by atoms with Crippen LogP contribution in [-0.2, 0) is 28.2 Å². The van der Waals surface area contributed by atoms with E-state index in [1.165, 1.54) is 0 Å². The summed E-state index contributed by atoms with van der Waals surface area (Å²) in [5, 5.41) is 11.6. The number of aryl methyl sites for hydroxylation is 1. The first kappa shape index (κ1) is 30.6. The highest BCUT2D eigenvalue weighted by atomic mass is 16.5. The second-order valence-corrected chi connectivity index (χ2v) is 12.1. The highest BCUT2D eigenvalue weighted by Crippen LogP contribution is 2.41. The number of ether oxygens (including phenoxy) is 2. The molecule has 0 spiro atoms. The lowest BCUT2D eigenvalue weighted by atomic mass is 9.85. The van der Waals surface area contributed by atoms with Crippen molar-refractivity contribution in [3.8, 4) is 11.5 Å². The Labute approximate surface area is 259 Å². The standard InChI is InChI=1S/C38H39NO5/c1-6-43-31-19-12-26(13-20-31)23-39-34(28-14-17-30(18-15-28)38(3,4)5)33(36(41)37(39)42)35(40)29-16-21-32(25(2)22-29)44-24-27-10-8-7-9-11-27/h7-22,34,40H,6,23-24H2,1-5H3/b35-33-. The second-order valence-electron chi connectivity index (χ2n) is 12.1. The van der Waals surface area contributed by atoms with Gasteiger partial charge in [-0.3, -0.25) is 9.59 Å². The van der Waals surface area contributed by atoms with Crippen LogP contribution in [0, 0.1) is 6.92 Å². The number of rotatable bonds is 9. The number of likely N-dealkylation sites (tertiary alicyclic amines) is 1. The van der Waals surface area contributed by atoms with Gasteiger partial charge in [-0.1, -0.05) is 87.5 Å². The predicted molar refractivity (Wildman–Crippen MR) is 173 cm³/mol. The number of hydrogen-bond acceptors (Lipinski definition) is 5. The molecule has 1 unspecified atom stereocenters. The van der Waals surface area contributed by atoms with Crippen LogP contribution in [0.1, 0.15) is 67.1 Å². The van der Waals surface area contributed by atoms with Crippen LogP contribution in [0.5, 0.6) is 11.5 Å². The highest BCUT2D eigenvalue weighted by molar-refractivity contribution is 6.46. The number of amides is 1. The average Bonchev–Trinajstić information content (AvgIpc) is 3.26. The maximum Gasteiger partial charge on any atom is 0.295 e. The molecule has 0 bridgehead atoms. The van der Waals surface area contributed by atoms with E-state index in [1.54, 1.807) is 23.1 Å². The Balaban J connectivity index is 1.52. The zero-order valence-electron chi connectivity index (χ0n) is 26.0. The minimum atomic E-state index is -0.759. The molecule has 1 heterocycles. The fraction of sp³-hybridized carbons (Fsp3) is 0.263. The largest absolute Gasteiger partial charge is 0.507 e. The molecule has 1 aliphatic heterocycles. The number of benzene rings is 4. The maximum absolute atomic E-state index is 13.6. The first-order valence-corrected chi connectivity index (χ1v) is 14.9. The number of carbonyl (C=O) groups excluding carboxylic acids is 2. The molecule has 6 heteroatoms. The Bertz CT molecular complexity index is 1670. The van der Waals surface area contributed by atoms with Crippen LogP contribution >= 0.6 is 0 Å². The lowest BCUT2D eigenvalue weighted by molar-refractivity contribution is -0.140. The molecule has 44 heavy (non-hydrogen) atoms. The normalized spacial score (nSPS) is 16.3. The zero-order chi connectivity index (χ0) is 31.4. The van der Waals surface area contributed by atoms with Gasteiger partial charge in [-0.2, -0.15) is 0 Å². The van der Waals surface area contributed by atoms with Crippen molar-refractivity contribution in [1.82, 2.24) is 4.90 Å². The van der Waals surface area contributed by atoms with Gasteiger partial charge in [0.1, 0.15) is 23.9 Å². The van der Waals surface area contributed by atoms with Crippen LogP contribution in [0.25, 0.3) is 5.76 Å². The number of ketones is 1. The van der Waals surface area contributed by atoms with Crippen LogP contribution in [0.2, 0.25) is 0 Å². The monoisotopic (exact) mass is 589 g/mol. The van der Waals surface area contributed by atoms with E-state index in [0.717, 1.165) is 33.6 Å². The van der Waals surface area contributed by atoms with E-state index in [1.807, 2.05) is 92.7 Å². The van der Waals surface area contributed by atoms with E-state index in [2.05, 4.69) is 20.8 Å². The van der Waals surface area contributed by atoms with Crippen molar-refractivity contribution in [2.75, 3.05) is 6.61 Å². The number of aliphatic hydroxyl groups excluding tert-OH is 1. The Hall–Kier alpha value is -4.84. The van der Waals surface area contributed by atoms with E-state index in [0.29, 0.717) is 24.5 Å². The molecule has 1 aliphatic rings. The van der Waals surface area contributed by atoms with Gasteiger partial charge in [0.2, 0.25) is 0 Å². The van der Waals surface area contributed by atoms with Gasteiger partial charge in [-0.05, 0) is 77.4 Å². The van der Waals surface area contributed by atoms with Gasteiger partial charge in [0.05, 0.1) is 18.2 Å². The van der Waals surface area contributed by atoms with Crippen LogP contribution in [0.3, 0.4) is 0 Å². The molecule has 1 N–H and O–H groups in total. The second kappa shape index (κ2) is 12.8. The van der Waals surface area contributed by atoms with E-state index < -0.39 is 17.7 Å². The summed E-state index contributed by atoms with van der Waals surface area (Å²) in [6.07, 6.45) is 0. The van der Waals surface area contributed by atoms with Gasteiger partial charge >= 0.3 is 0 Å². The molecule has 4 aromatic rings. The molecule has 0 aliphatic carbocycles. The van der Waals surface area contributed by atoms with Crippen molar-refractivity contribution >= 4 is 17.4 Å². The smallest absolute Gasteiger partial charge is 0.295 e. The lowest BCUT2D eigenvalue weighted by Gasteiger charge is -2.27. The molecule has 5 rings (SSSR count). The third kappa shape index (κ3) is 6.55. The van der Waals surface area contributed by atoms with Gasteiger partial charge < -0.3 is 19.5 Å². The molecule has 1 fully saturated rings. The number of aliphatic hydroxyl groups is 1. The Morgan fingerprint density at radius 1 is 0.841 bits per heavy atom. The fourth-order valence-corrected chi connectivity index (χ4v) is 5.46. The minimum Gasteiger partial charge on any atom is -0.507 e. The summed E-state index contributed by atoms with van der Waals surface area (Å²) in [5.74, 6) is -0.153. The quantitative estimate of drug-likeness (QED) is 0.122. The molecular weight excluding hydrogens is 550 g/mol. The van der Waals surface area contributed by atoms with Gasteiger partial charge in [-0.25, -0.2) is 0 Å². The molecule has 1 atom stereocenters. The molecular formula is C38H39NO5. The molecule has 4 aromatic carbocycles. The number of hydrogen-bond donors (Lipinski definition) is 1. The first-order valence-electron chi connectivity index (χ1n) is 14.9. The summed E-state index contributed by atoms with van der Waals surface area (Å²) in [4.78, 5) is 28.7. The fourth-order valence-electron chi connectivity index (χ4n) is 5.46. The molecule has 1 amide bonds. The third-order valence-corrected chi connectivity index (χ3v) is 7.91. The number of nitrogens with zero attached hydrogens (tertiary/aromatic N) is 1. The molecule has 0 aromatic heterocycles. The zero-order valence-corrected chi connectivity index (χ0v) is 26.0. The number of Topliss-reactive ketones (excluding diaryl/α,β-unsaturated/α-hetero) is 1. The van der Waals surface area contributed by atoms with Crippen molar-refractivity contribution in [1.29, 1.82) is 0 Å². The Kier molecular flexibility index (Phi) is 8.91. The Morgan fingerprint density at radius 2 is 1.52 bits per heavy atom.